The molecule has 7 heteroatoms. The molecule has 0 heterocycles. The summed E-state index contributed by atoms with van der Waals surface area (Å²) >= 11 is 0. The van der Waals surface area contributed by atoms with Crippen LogP contribution in [0.4, 0.5) is 27.5 Å². The highest BCUT2D eigenvalue weighted by Crippen LogP contribution is 2.22. The van der Waals surface area contributed by atoms with E-state index >= 15 is 0 Å². The third-order valence-corrected chi connectivity index (χ3v) is 4.74. The molecule has 0 aliphatic rings. The first-order chi connectivity index (χ1) is 14.3. The summed E-state index contributed by atoms with van der Waals surface area (Å²) in [6.07, 6.45) is 4.22. The number of ketones is 2. The van der Waals surface area contributed by atoms with Crippen molar-refractivity contribution in [1.29, 1.82) is 0 Å². The molecule has 0 bridgehead atoms. The quantitative estimate of drug-likeness (QED) is 0.314. The van der Waals surface area contributed by atoms with Gasteiger partial charge >= 0.3 is 6.03 Å². The molecule has 2 amide bonds. The van der Waals surface area contributed by atoms with Crippen LogP contribution in [0.3, 0.4) is 0 Å². The fourth-order valence-corrected chi connectivity index (χ4v) is 2.99. The molecule has 2 aromatic carbocycles. The van der Waals surface area contributed by atoms with Crippen LogP contribution in [0, 0.1) is 0 Å². The Kier molecular flexibility index (Phi) is 8.41. The van der Waals surface area contributed by atoms with Gasteiger partial charge in [0.2, 0.25) is 0 Å². The Morgan fingerprint density at radius 1 is 0.733 bits per heavy atom. The van der Waals surface area contributed by atoms with Gasteiger partial charge in [-0.15, -0.1) is 0 Å². The van der Waals surface area contributed by atoms with Crippen LogP contribution < -0.4 is 22.1 Å². The van der Waals surface area contributed by atoms with Crippen molar-refractivity contribution in [3.63, 3.8) is 0 Å². The van der Waals surface area contributed by atoms with Gasteiger partial charge in [-0.3, -0.25) is 9.59 Å². The van der Waals surface area contributed by atoms with Crippen LogP contribution >= 0.6 is 0 Å². The van der Waals surface area contributed by atoms with Crippen molar-refractivity contribution >= 4 is 40.3 Å². The molecule has 160 valence electrons. The predicted molar refractivity (Wildman–Crippen MR) is 122 cm³/mol. The maximum atomic E-state index is 12.4. The van der Waals surface area contributed by atoms with Gasteiger partial charge in [0.1, 0.15) is 0 Å². The van der Waals surface area contributed by atoms with Crippen molar-refractivity contribution in [2.24, 2.45) is 0 Å². The number of amides is 2. The number of nitrogens with one attached hydrogen (secondary N) is 2. The van der Waals surface area contributed by atoms with Crippen molar-refractivity contribution in [3.8, 4) is 0 Å². The van der Waals surface area contributed by atoms with E-state index in [4.69, 9.17) is 11.5 Å². The minimum Gasteiger partial charge on any atom is -0.398 e. The number of carbonyl (C=O) groups is 3. The van der Waals surface area contributed by atoms with Gasteiger partial charge in [0.15, 0.2) is 11.6 Å². The second-order valence-electron chi connectivity index (χ2n) is 7.24. The third kappa shape index (κ3) is 6.34. The summed E-state index contributed by atoms with van der Waals surface area (Å²) in [4.78, 5) is 37.0. The van der Waals surface area contributed by atoms with Gasteiger partial charge in [0, 0.05) is 46.7 Å². The van der Waals surface area contributed by atoms with Crippen LogP contribution in [0.25, 0.3) is 0 Å². The monoisotopic (exact) mass is 410 g/mol. The van der Waals surface area contributed by atoms with E-state index in [0.29, 0.717) is 46.7 Å². The Bertz CT molecular complexity index is 851. The highest BCUT2D eigenvalue weighted by molar-refractivity contribution is 6.06. The number of anilines is 4. The molecule has 0 saturated heterocycles. The molecule has 0 fully saturated rings. The first-order valence-corrected chi connectivity index (χ1v) is 10.3. The van der Waals surface area contributed by atoms with Gasteiger partial charge in [0.05, 0.1) is 0 Å². The number of rotatable bonds is 10. The zero-order valence-corrected chi connectivity index (χ0v) is 17.6. The smallest absolute Gasteiger partial charge is 0.323 e. The lowest BCUT2D eigenvalue weighted by Crippen LogP contribution is -2.20. The van der Waals surface area contributed by atoms with Crippen LogP contribution in [-0.2, 0) is 0 Å². The zero-order chi connectivity index (χ0) is 22.1. The Labute approximate surface area is 177 Å². The van der Waals surface area contributed by atoms with Crippen LogP contribution in [0.5, 0.6) is 0 Å². The van der Waals surface area contributed by atoms with Crippen LogP contribution in [0.1, 0.15) is 73.1 Å². The Balaban J connectivity index is 2.09. The Morgan fingerprint density at radius 2 is 1.13 bits per heavy atom. The summed E-state index contributed by atoms with van der Waals surface area (Å²) in [6.45, 7) is 4.03. The SMILES string of the molecule is CCCCC(=O)c1cc(NC(=O)Nc2ccc(N)c(C(=O)CCCC)c2)ccc1N. The number of urea groups is 1. The zero-order valence-electron chi connectivity index (χ0n) is 17.6. The first-order valence-electron chi connectivity index (χ1n) is 10.3. The highest BCUT2D eigenvalue weighted by atomic mass is 16.2. The minimum absolute atomic E-state index is 0.0489. The first kappa shape index (κ1) is 22.9. The number of Topliss-reactive ketones (excluding diaryl/α,β-unsaturated/α-hetero) is 2. The summed E-state index contributed by atoms with van der Waals surface area (Å²) in [6, 6.07) is 9.13. The van der Waals surface area contributed by atoms with Crippen molar-refractivity contribution in [1.82, 2.24) is 0 Å². The van der Waals surface area contributed by atoms with Crippen molar-refractivity contribution < 1.29 is 14.4 Å². The lowest BCUT2D eigenvalue weighted by molar-refractivity contribution is 0.0972. The maximum absolute atomic E-state index is 12.4. The lowest BCUT2D eigenvalue weighted by atomic mass is 10.0. The van der Waals surface area contributed by atoms with Crippen LogP contribution in [-0.4, -0.2) is 17.6 Å². The molecule has 0 radical (unpaired) electrons. The Morgan fingerprint density at radius 3 is 1.50 bits per heavy atom. The lowest BCUT2D eigenvalue weighted by Gasteiger charge is -2.12. The summed E-state index contributed by atoms with van der Waals surface area (Å²) in [7, 11) is 0. The standard InChI is InChI=1S/C23H30N4O3/c1-3-5-7-21(28)17-13-15(9-11-19(17)24)26-23(30)27-16-10-12-20(25)18(14-16)22(29)8-6-4-2/h9-14H,3-8,24-25H2,1-2H3,(H2,26,27,30). The van der Waals surface area contributed by atoms with Gasteiger partial charge in [0.25, 0.3) is 0 Å². The average molecular weight is 411 g/mol. The van der Waals surface area contributed by atoms with E-state index in [1.807, 2.05) is 13.8 Å². The van der Waals surface area contributed by atoms with Crippen LogP contribution in [0.2, 0.25) is 0 Å². The predicted octanol–water partition coefficient (Wildman–Crippen LogP) is 5.24. The number of nitrogens with two attached hydrogens (primary N) is 2. The van der Waals surface area contributed by atoms with Crippen LogP contribution in [0.15, 0.2) is 36.4 Å². The van der Waals surface area contributed by atoms with Crippen molar-refractivity contribution in [2.75, 3.05) is 22.1 Å². The van der Waals surface area contributed by atoms with Gasteiger partial charge in [-0.1, -0.05) is 26.7 Å². The van der Waals surface area contributed by atoms with E-state index < -0.39 is 6.03 Å². The minimum atomic E-state index is -0.497. The number of hydrogen-bond donors (Lipinski definition) is 4. The number of benzene rings is 2. The molecule has 2 aromatic rings. The molecule has 0 atom stereocenters. The van der Waals surface area contributed by atoms with Crippen molar-refractivity contribution in [3.05, 3.63) is 47.5 Å². The molecule has 0 saturated carbocycles. The second kappa shape index (κ2) is 11.0. The van der Waals surface area contributed by atoms with E-state index in [2.05, 4.69) is 10.6 Å². The molecule has 0 aromatic heterocycles. The molecule has 30 heavy (non-hydrogen) atoms. The number of carbonyl (C=O) groups excluding carboxylic acids is 3. The fraction of sp³-hybridized carbons (Fsp3) is 0.348. The molecular weight excluding hydrogens is 380 g/mol. The molecule has 0 aliphatic heterocycles. The summed E-state index contributed by atoms with van der Waals surface area (Å²) in [5.74, 6) is -0.0978. The van der Waals surface area contributed by atoms with Gasteiger partial charge in [-0.25, -0.2) is 4.79 Å². The highest BCUT2D eigenvalue weighted by Gasteiger charge is 2.13. The summed E-state index contributed by atoms with van der Waals surface area (Å²) in [5, 5.41) is 5.39. The van der Waals surface area contributed by atoms with E-state index in [1.165, 1.54) is 0 Å². The summed E-state index contributed by atoms with van der Waals surface area (Å²) < 4.78 is 0. The molecule has 0 spiro atoms. The normalized spacial score (nSPS) is 10.5. The largest absolute Gasteiger partial charge is 0.398 e. The van der Waals surface area contributed by atoms with Gasteiger partial charge < -0.3 is 22.1 Å². The maximum Gasteiger partial charge on any atom is 0.323 e. The Hall–Kier alpha value is -3.35. The molecular formula is C23H30N4O3. The van der Waals surface area contributed by atoms with E-state index in [-0.39, 0.29) is 11.6 Å². The average Bonchev–Trinajstić information content (AvgIpc) is 2.72. The van der Waals surface area contributed by atoms with Gasteiger partial charge in [-0.05, 0) is 49.2 Å². The fourth-order valence-electron chi connectivity index (χ4n) is 2.99. The van der Waals surface area contributed by atoms with E-state index in [9.17, 15) is 14.4 Å². The second-order valence-corrected chi connectivity index (χ2v) is 7.24. The molecule has 6 N–H and O–H groups in total. The summed E-state index contributed by atoms with van der Waals surface area (Å²) in [5.41, 5.74) is 14.3. The molecule has 0 aliphatic carbocycles. The number of hydrogen-bond acceptors (Lipinski definition) is 5. The molecule has 0 unspecified atom stereocenters. The van der Waals surface area contributed by atoms with E-state index in [1.54, 1.807) is 36.4 Å². The van der Waals surface area contributed by atoms with Gasteiger partial charge in [-0.2, -0.15) is 0 Å². The molecule has 2 rings (SSSR count). The number of nitrogen functional groups attached to an aromatic ring is 2. The third-order valence-electron chi connectivity index (χ3n) is 4.74. The molecule has 7 nitrogen and oxygen atoms in total. The topological polar surface area (TPSA) is 127 Å². The van der Waals surface area contributed by atoms with E-state index in [0.717, 1.165) is 25.7 Å². The van der Waals surface area contributed by atoms with Crippen molar-refractivity contribution in [2.45, 2.75) is 52.4 Å². The number of unbranched alkanes of at least 4 members (excludes halogenated alkanes) is 2.